The maximum absolute atomic E-state index is 5.88. The van der Waals surface area contributed by atoms with Crippen LogP contribution in [0.2, 0.25) is 0 Å². The van der Waals surface area contributed by atoms with Crippen LogP contribution in [0.4, 0.5) is 0 Å². The van der Waals surface area contributed by atoms with Gasteiger partial charge in [0.05, 0.1) is 12.2 Å². The Morgan fingerprint density at radius 1 is 1.40 bits per heavy atom. The molecule has 1 aliphatic heterocycles. The summed E-state index contributed by atoms with van der Waals surface area (Å²) in [4.78, 5) is 2.54. The van der Waals surface area contributed by atoms with Gasteiger partial charge in [-0.15, -0.1) is 11.6 Å². The Labute approximate surface area is 97.9 Å². The van der Waals surface area contributed by atoms with E-state index >= 15 is 0 Å². The predicted molar refractivity (Wildman–Crippen MR) is 63.5 cm³/mol. The van der Waals surface area contributed by atoms with Gasteiger partial charge in [0.1, 0.15) is 0 Å². The quantitative estimate of drug-likeness (QED) is 0.693. The van der Waals surface area contributed by atoms with Gasteiger partial charge in [0.25, 0.3) is 0 Å². The Balaban J connectivity index is 1.85. The van der Waals surface area contributed by atoms with E-state index in [9.17, 15) is 0 Å². The molecule has 0 radical (unpaired) electrons. The molecule has 1 aliphatic carbocycles. The Morgan fingerprint density at radius 2 is 2.13 bits per heavy atom. The summed E-state index contributed by atoms with van der Waals surface area (Å²) in [6, 6.07) is 0. The molecule has 2 fully saturated rings. The van der Waals surface area contributed by atoms with E-state index in [0.29, 0.717) is 17.4 Å². The molecule has 2 unspecified atom stereocenters. The van der Waals surface area contributed by atoms with Crippen molar-refractivity contribution in [3.8, 4) is 0 Å². The van der Waals surface area contributed by atoms with E-state index in [1.807, 2.05) is 0 Å². The fraction of sp³-hybridized carbons (Fsp3) is 1.00. The van der Waals surface area contributed by atoms with E-state index in [2.05, 4.69) is 18.7 Å². The van der Waals surface area contributed by atoms with Gasteiger partial charge in [-0.05, 0) is 25.2 Å². The van der Waals surface area contributed by atoms with Crippen molar-refractivity contribution in [2.75, 3.05) is 25.5 Å². The molecule has 0 aromatic rings. The van der Waals surface area contributed by atoms with E-state index in [1.54, 1.807) is 0 Å². The minimum absolute atomic E-state index is 0.235. The van der Waals surface area contributed by atoms with Crippen LogP contribution in [0.15, 0.2) is 0 Å². The lowest BCUT2D eigenvalue weighted by atomic mass is 9.70. The summed E-state index contributed by atoms with van der Waals surface area (Å²) in [6.07, 6.45) is 4.77. The summed E-state index contributed by atoms with van der Waals surface area (Å²) < 4.78 is 5.76. The van der Waals surface area contributed by atoms with Gasteiger partial charge in [-0.3, -0.25) is 4.90 Å². The van der Waals surface area contributed by atoms with E-state index in [0.717, 1.165) is 13.1 Å². The summed E-state index contributed by atoms with van der Waals surface area (Å²) in [5, 5.41) is 0. The molecular weight excluding hydrogens is 210 g/mol. The van der Waals surface area contributed by atoms with Gasteiger partial charge >= 0.3 is 0 Å². The first-order chi connectivity index (χ1) is 7.11. The second kappa shape index (κ2) is 4.60. The summed E-state index contributed by atoms with van der Waals surface area (Å²) in [5.74, 6) is 0.623. The fourth-order valence-electron chi connectivity index (χ4n) is 2.83. The molecule has 0 N–H and O–H groups in total. The highest BCUT2D eigenvalue weighted by atomic mass is 35.5. The van der Waals surface area contributed by atoms with Crippen LogP contribution in [-0.2, 0) is 4.74 Å². The first-order valence-electron chi connectivity index (χ1n) is 6.05. The fourth-order valence-corrected chi connectivity index (χ4v) is 3.00. The van der Waals surface area contributed by atoms with Crippen LogP contribution in [0.5, 0.6) is 0 Å². The summed E-state index contributed by atoms with van der Waals surface area (Å²) in [6.45, 7) is 7.88. The summed E-state index contributed by atoms with van der Waals surface area (Å²) in [7, 11) is 0. The molecular formula is C12H22ClNO. The molecule has 0 spiro atoms. The van der Waals surface area contributed by atoms with Crippen molar-refractivity contribution in [3.63, 3.8) is 0 Å². The van der Waals surface area contributed by atoms with Crippen LogP contribution >= 0.6 is 11.6 Å². The Hall–Kier alpha value is 0.210. The third-order valence-electron chi connectivity index (χ3n) is 3.74. The number of hydrogen-bond donors (Lipinski definition) is 0. The SMILES string of the molecule is CC1CN(CC2(C)CCC2)CC(CCl)O1. The van der Waals surface area contributed by atoms with E-state index in [1.165, 1.54) is 25.8 Å². The van der Waals surface area contributed by atoms with Crippen LogP contribution in [0.25, 0.3) is 0 Å². The van der Waals surface area contributed by atoms with Gasteiger partial charge in [0, 0.05) is 25.5 Å². The molecule has 15 heavy (non-hydrogen) atoms. The largest absolute Gasteiger partial charge is 0.371 e. The summed E-state index contributed by atoms with van der Waals surface area (Å²) >= 11 is 5.88. The maximum Gasteiger partial charge on any atom is 0.0841 e. The van der Waals surface area contributed by atoms with Crippen LogP contribution in [0.3, 0.4) is 0 Å². The molecule has 0 amide bonds. The highest BCUT2D eigenvalue weighted by molar-refractivity contribution is 6.18. The molecule has 0 aromatic heterocycles. The standard InChI is InChI=1S/C12H22ClNO/c1-10-7-14(8-11(6-13)15-10)9-12(2)4-3-5-12/h10-11H,3-9H2,1-2H3. The molecule has 0 bridgehead atoms. The van der Waals surface area contributed by atoms with Gasteiger partial charge in [-0.2, -0.15) is 0 Å². The molecule has 0 aromatic carbocycles. The average molecular weight is 232 g/mol. The molecule has 1 saturated carbocycles. The molecule has 3 heteroatoms. The van der Waals surface area contributed by atoms with Crippen molar-refractivity contribution >= 4 is 11.6 Å². The number of hydrogen-bond acceptors (Lipinski definition) is 2. The zero-order valence-corrected chi connectivity index (χ0v) is 10.6. The van der Waals surface area contributed by atoms with Crippen LogP contribution in [-0.4, -0.2) is 42.6 Å². The minimum Gasteiger partial charge on any atom is -0.371 e. The van der Waals surface area contributed by atoms with E-state index in [-0.39, 0.29) is 6.10 Å². The summed E-state index contributed by atoms with van der Waals surface area (Å²) in [5.41, 5.74) is 0.577. The van der Waals surface area contributed by atoms with Gasteiger partial charge in [-0.25, -0.2) is 0 Å². The van der Waals surface area contributed by atoms with Crippen molar-refractivity contribution < 1.29 is 4.74 Å². The molecule has 1 saturated heterocycles. The first kappa shape index (κ1) is 11.7. The molecule has 2 atom stereocenters. The van der Waals surface area contributed by atoms with Gasteiger partial charge in [-0.1, -0.05) is 13.3 Å². The van der Waals surface area contributed by atoms with Gasteiger partial charge < -0.3 is 4.74 Å². The molecule has 2 rings (SSSR count). The number of nitrogens with zero attached hydrogens (tertiary/aromatic N) is 1. The molecule has 1 heterocycles. The zero-order valence-electron chi connectivity index (χ0n) is 9.84. The van der Waals surface area contributed by atoms with Gasteiger partial charge in [0.2, 0.25) is 0 Å². The second-order valence-corrected chi connectivity index (χ2v) is 5.89. The predicted octanol–water partition coefficient (Wildman–Crippen LogP) is 2.50. The van der Waals surface area contributed by atoms with Crippen LogP contribution < -0.4 is 0 Å². The van der Waals surface area contributed by atoms with Gasteiger partial charge in [0.15, 0.2) is 0 Å². The number of ether oxygens (including phenoxy) is 1. The third-order valence-corrected chi connectivity index (χ3v) is 4.08. The van der Waals surface area contributed by atoms with Crippen molar-refractivity contribution in [2.24, 2.45) is 5.41 Å². The number of halogens is 1. The van der Waals surface area contributed by atoms with Crippen molar-refractivity contribution in [1.29, 1.82) is 0 Å². The third kappa shape index (κ3) is 2.86. The molecule has 2 aliphatic rings. The van der Waals surface area contributed by atoms with Crippen molar-refractivity contribution in [1.82, 2.24) is 4.90 Å². The lowest BCUT2D eigenvalue weighted by Gasteiger charge is -2.45. The zero-order chi connectivity index (χ0) is 10.9. The van der Waals surface area contributed by atoms with Crippen molar-refractivity contribution in [2.45, 2.75) is 45.3 Å². The van der Waals surface area contributed by atoms with E-state index in [4.69, 9.17) is 16.3 Å². The minimum atomic E-state index is 0.235. The molecule has 2 nitrogen and oxygen atoms in total. The Morgan fingerprint density at radius 3 is 2.67 bits per heavy atom. The van der Waals surface area contributed by atoms with Crippen molar-refractivity contribution in [3.05, 3.63) is 0 Å². The smallest absolute Gasteiger partial charge is 0.0841 e. The lowest BCUT2D eigenvalue weighted by Crippen LogP contribution is -2.51. The highest BCUT2D eigenvalue weighted by Crippen LogP contribution is 2.41. The monoisotopic (exact) mass is 231 g/mol. The number of alkyl halides is 1. The number of morpholine rings is 1. The molecule has 88 valence electrons. The highest BCUT2D eigenvalue weighted by Gasteiger charge is 2.35. The lowest BCUT2D eigenvalue weighted by molar-refractivity contribution is -0.0811. The normalized spacial score (nSPS) is 36.2. The average Bonchev–Trinajstić information content (AvgIpc) is 2.14. The second-order valence-electron chi connectivity index (χ2n) is 5.58. The Bertz CT molecular complexity index is 218. The van der Waals surface area contributed by atoms with E-state index < -0.39 is 0 Å². The topological polar surface area (TPSA) is 12.5 Å². The number of rotatable bonds is 3. The van der Waals surface area contributed by atoms with Crippen LogP contribution in [0.1, 0.15) is 33.1 Å². The Kier molecular flexibility index (Phi) is 3.59. The first-order valence-corrected chi connectivity index (χ1v) is 6.58. The maximum atomic E-state index is 5.88. The van der Waals surface area contributed by atoms with Crippen LogP contribution in [0, 0.1) is 5.41 Å².